The maximum absolute atomic E-state index is 2.64. The summed E-state index contributed by atoms with van der Waals surface area (Å²) >= 11 is 16.2. The van der Waals surface area contributed by atoms with E-state index in [1.54, 1.807) is 22.3 Å². The minimum absolute atomic E-state index is 1.19. The predicted molar refractivity (Wildman–Crippen MR) is 392 cm³/mol. The predicted octanol–water partition coefficient (Wildman–Crippen LogP) is 29.5. The summed E-state index contributed by atoms with van der Waals surface area (Å²) in [6, 6.07) is 25.8. The van der Waals surface area contributed by atoms with Crippen molar-refractivity contribution in [2.24, 2.45) is 0 Å². The normalized spacial score (nSPS) is 12.4. The van der Waals surface area contributed by atoms with Gasteiger partial charge in [0.1, 0.15) is 0 Å². The van der Waals surface area contributed by atoms with E-state index in [0.717, 1.165) is 0 Å². The molecule has 0 bridgehead atoms. The summed E-state index contributed by atoms with van der Waals surface area (Å²) in [6.45, 7) is 9.30. The molecule has 8 heterocycles. The molecule has 0 fully saturated rings. The summed E-state index contributed by atoms with van der Waals surface area (Å²) in [5, 5.41) is 18.5. The number of rotatable bonds is 36. The molecule has 0 aliphatic heterocycles. The van der Waals surface area contributed by atoms with Crippen molar-refractivity contribution in [2.45, 2.75) is 233 Å². The van der Waals surface area contributed by atoms with Gasteiger partial charge in [0.2, 0.25) is 0 Å². The summed E-state index contributed by atoms with van der Waals surface area (Å²) in [7, 11) is 0. The van der Waals surface area contributed by atoms with Gasteiger partial charge in [-0.2, -0.15) is 0 Å². The van der Waals surface area contributed by atoms with Gasteiger partial charge < -0.3 is 0 Å². The van der Waals surface area contributed by atoms with Crippen LogP contribution in [0.2, 0.25) is 0 Å². The molecule has 442 valence electrons. The molecular weight excluding hydrogens is 1170 g/mol. The van der Waals surface area contributed by atoms with Gasteiger partial charge in [0.05, 0.1) is 0 Å². The van der Waals surface area contributed by atoms with Crippen LogP contribution in [0.25, 0.3) is 112 Å². The maximum Gasteiger partial charge on any atom is 0.0489 e. The van der Waals surface area contributed by atoms with Gasteiger partial charge >= 0.3 is 0 Å². The van der Waals surface area contributed by atoms with E-state index in [-0.39, 0.29) is 0 Å². The van der Waals surface area contributed by atoms with Crippen LogP contribution in [0.5, 0.6) is 0 Å². The quantitative estimate of drug-likeness (QED) is 0.0271. The Hall–Kier alpha value is -3.44. The first-order valence-electron chi connectivity index (χ1n) is 33.3. The lowest BCUT2D eigenvalue weighted by Crippen LogP contribution is -1.92. The Kier molecular flexibility index (Phi) is 21.5. The van der Waals surface area contributed by atoms with E-state index < -0.39 is 0 Å². The van der Waals surface area contributed by atoms with Gasteiger partial charge in [0.25, 0.3) is 0 Å². The molecule has 0 saturated heterocycles. The van der Waals surface area contributed by atoms with Crippen LogP contribution >= 0.6 is 90.7 Å². The van der Waals surface area contributed by atoms with E-state index in [9.17, 15) is 0 Å². The second kappa shape index (κ2) is 29.7. The van der Waals surface area contributed by atoms with Crippen LogP contribution in [0.4, 0.5) is 0 Å². The molecule has 8 heteroatoms. The Morgan fingerprint density at radius 3 is 0.690 bits per heavy atom. The van der Waals surface area contributed by atoms with Crippen LogP contribution in [0.15, 0.2) is 82.2 Å². The first kappa shape index (κ1) is 60.8. The van der Waals surface area contributed by atoms with E-state index in [4.69, 9.17) is 0 Å². The summed E-state index contributed by atoms with van der Waals surface area (Å²) in [6.07, 6.45) is 42.7. The minimum Gasteiger partial charge on any atom is -0.143 e. The third-order valence-corrected chi connectivity index (χ3v) is 27.8. The fourth-order valence-electron chi connectivity index (χ4n) is 13.6. The summed E-state index contributed by atoms with van der Waals surface area (Å²) in [5.74, 6) is 0. The molecule has 84 heavy (non-hydrogen) atoms. The fourth-order valence-corrected chi connectivity index (χ4v) is 23.5. The third kappa shape index (κ3) is 13.6. The number of hydrogen-bond acceptors (Lipinski definition) is 8. The number of fused-ring (bicyclic) bond motifs is 4. The van der Waals surface area contributed by atoms with Crippen molar-refractivity contribution in [1.29, 1.82) is 0 Å². The third-order valence-electron chi connectivity index (χ3n) is 18.4. The Bertz CT molecular complexity index is 3500. The van der Waals surface area contributed by atoms with Crippen LogP contribution in [0, 0.1) is 0 Å². The zero-order chi connectivity index (χ0) is 57.2. The molecule has 0 aliphatic carbocycles. The molecule has 0 radical (unpaired) electrons. The lowest BCUT2D eigenvalue weighted by Gasteiger charge is -2.20. The van der Waals surface area contributed by atoms with Crippen LogP contribution in [0.1, 0.15) is 230 Å². The lowest BCUT2D eigenvalue weighted by molar-refractivity contribution is 0.590. The summed E-state index contributed by atoms with van der Waals surface area (Å²) in [4.78, 5) is 5.70. The molecule has 0 spiro atoms. The molecular formula is C76H90S8. The van der Waals surface area contributed by atoms with Gasteiger partial charge in [0, 0.05) is 79.4 Å². The van der Waals surface area contributed by atoms with Gasteiger partial charge in [0.15, 0.2) is 0 Å². The molecule has 0 unspecified atom stereocenters. The van der Waals surface area contributed by atoms with E-state index in [0.29, 0.717) is 0 Å². The van der Waals surface area contributed by atoms with E-state index >= 15 is 0 Å². The van der Waals surface area contributed by atoms with Crippen molar-refractivity contribution in [3.8, 4) is 41.8 Å². The molecule has 12 aromatic rings. The van der Waals surface area contributed by atoms with E-state index in [1.807, 2.05) is 45.3 Å². The molecule has 0 nitrogen and oxygen atoms in total. The number of thiophene rings is 8. The van der Waals surface area contributed by atoms with Crippen LogP contribution in [-0.4, -0.2) is 0 Å². The number of benzene rings is 4. The van der Waals surface area contributed by atoms with Crippen LogP contribution in [-0.2, 0) is 25.7 Å². The molecule has 8 aromatic heterocycles. The zero-order valence-corrected chi connectivity index (χ0v) is 57.5. The van der Waals surface area contributed by atoms with Crippen LogP contribution < -0.4 is 0 Å². The number of aryl methyl sites for hydroxylation is 4. The lowest BCUT2D eigenvalue weighted by atomic mass is 9.85. The summed E-state index contributed by atoms with van der Waals surface area (Å²) < 4.78 is 12.0. The topological polar surface area (TPSA) is 0 Å². The van der Waals surface area contributed by atoms with Crippen molar-refractivity contribution < 1.29 is 0 Å². The highest BCUT2D eigenvalue weighted by Crippen LogP contribution is 2.54. The van der Waals surface area contributed by atoms with Crippen molar-refractivity contribution in [3.05, 3.63) is 104 Å². The first-order valence-corrected chi connectivity index (χ1v) is 40.1. The largest absolute Gasteiger partial charge is 0.143 e. The van der Waals surface area contributed by atoms with Crippen molar-refractivity contribution in [1.82, 2.24) is 0 Å². The average Bonchev–Trinajstić information content (AvgIpc) is 1.05. The number of hydrogen-bond donors (Lipinski definition) is 0. The Labute approximate surface area is 535 Å². The molecule has 0 saturated carbocycles. The van der Waals surface area contributed by atoms with E-state index in [1.165, 1.54) is 317 Å². The van der Waals surface area contributed by atoms with Gasteiger partial charge in [-0.05, 0) is 164 Å². The molecule has 0 atom stereocenters. The maximum atomic E-state index is 2.64. The minimum atomic E-state index is 1.19. The second-order valence-electron chi connectivity index (χ2n) is 24.8. The summed E-state index contributed by atoms with van der Waals surface area (Å²) in [5.41, 5.74) is 11.9. The van der Waals surface area contributed by atoms with Crippen molar-refractivity contribution >= 4 is 161 Å². The van der Waals surface area contributed by atoms with Gasteiger partial charge in [-0.3, -0.25) is 0 Å². The SMILES string of the molecule is CCCCCCCCCc1csc2cc(-c3cc(-c4cc5scc(CCCCCCCCC)c5s4)c4ccc5c(-c6cc7scc(CCCCCCCCC)c7s6)cc(-c6cc7scc(CCCCCCCCC)c7s6)c6ccc3c4c65)sc12. The van der Waals surface area contributed by atoms with E-state index in [2.05, 4.69) is 155 Å². The van der Waals surface area contributed by atoms with Gasteiger partial charge in [-0.25, -0.2) is 0 Å². The standard InChI is InChI=1S/C76H90S8/c1-5-9-13-17-21-25-29-33-51-47-77-67-43-63(81-73(51)67)59-41-60(64-44-68-74(82-64)52(48-78-68)34-30-26-22-18-14-10-6-2)56-39-40-58-62(66-46-70-76(84-66)54(50-80-70)36-32-28-24-20-16-12-8-4)42-61(57-38-37-55(59)71(56)72(57)58)65-45-69-75(83-65)53(49-79-69)35-31-27-23-19-15-11-7-3/h37-50H,5-36H2,1-4H3. The molecule has 0 aliphatic rings. The molecule has 0 amide bonds. The highest BCUT2D eigenvalue weighted by molar-refractivity contribution is 7.31. The van der Waals surface area contributed by atoms with Crippen molar-refractivity contribution in [2.75, 3.05) is 0 Å². The Morgan fingerprint density at radius 1 is 0.250 bits per heavy atom. The van der Waals surface area contributed by atoms with Crippen LogP contribution in [0.3, 0.4) is 0 Å². The molecule has 0 N–H and O–H groups in total. The second-order valence-corrected chi connectivity index (χ2v) is 32.6. The monoisotopic (exact) mass is 1260 g/mol. The average molecular weight is 1260 g/mol. The zero-order valence-electron chi connectivity index (χ0n) is 51.0. The molecule has 12 rings (SSSR count). The number of unbranched alkanes of at least 4 members (excludes halogenated alkanes) is 24. The fraction of sp³-hybridized carbons (Fsp3) is 0.474. The Morgan fingerprint density at radius 2 is 0.464 bits per heavy atom. The van der Waals surface area contributed by atoms with Gasteiger partial charge in [-0.1, -0.05) is 206 Å². The van der Waals surface area contributed by atoms with Crippen molar-refractivity contribution in [3.63, 3.8) is 0 Å². The van der Waals surface area contributed by atoms with Gasteiger partial charge in [-0.15, -0.1) is 90.7 Å². The highest BCUT2D eigenvalue weighted by Gasteiger charge is 2.25. The Balaban J connectivity index is 0.982. The smallest absolute Gasteiger partial charge is 0.0489 e. The highest BCUT2D eigenvalue weighted by atomic mass is 32.1. The molecule has 4 aromatic carbocycles. The first-order chi connectivity index (χ1) is 41.5.